The number of benzene rings is 1. The maximum absolute atomic E-state index is 9.31. The molecule has 1 aliphatic carbocycles. The van der Waals surface area contributed by atoms with Crippen molar-refractivity contribution in [1.82, 2.24) is 0 Å². The third kappa shape index (κ3) is 2.21. The number of nitrogens with two attached hydrogens (primary N) is 1. The van der Waals surface area contributed by atoms with Gasteiger partial charge in [-0.25, -0.2) is 0 Å². The highest BCUT2D eigenvalue weighted by molar-refractivity contribution is 5.61. The molecule has 0 aromatic heterocycles. The van der Waals surface area contributed by atoms with Crippen LogP contribution in [0, 0.1) is 30.1 Å². The number of hydrogen-bond donors (Lipinski definition) is 1. The van der Waals surface area contributed by atoms with E-state index in [0.717, 1.165) is 42.2 Å². The lowest BCUT2D eigenvalue weighted by Gasteiger charge is -2.29. The average molecular weight is 255 g/mol. The lowest BCUT2D eigenvalue weighted by molar-refractivity contribution is 0.260. The monoisotopic (exact) mass is 255 g/mol. The van der Waals surface area contributed by atoms with Crippen LogP contribution in [0.4, 0.5) is 5.69 Å². The number of hydrogen-bond acceptors (Lipinski definition) is 3. The van der Waals surface area contributed by atoms with Crippen molar-refractivity contribution in [1.29, 1.82) is 5.26 Å². The van der Waals surface area contributed by atoms with E-state index in [1.807, 2.05) is 13.0 Å². The van der Waals surface area contributed by atoms with Crippen molar-refractivity contribution in [2.45, 2.75) is 32.2 Å². The molecule has 3 unspecified atom stereocenters. The molecule has 100 valence electrons. The van der Waals surface area contributed by atoms with Crippen LogP contribution in [0.2, 0.25) is 0 Å². The van der Waals surface area contributed by atoms with Crippen LogP contribution in [-0.2, 0) is 0 Å². The maximum atomic E-state index is 9.31. The van der Waals surface area contributed by atoms with Crippen molar-refractivity contribution in [2.24, 2.45) is 17.6 Å². The fourth-order valence-corrected chi connectivity index (χ4v) is 3.73. The van der Waals surface area contributed by atoms with Gasteiger partial charge in [0, 0.05) is 19.1 Å². The summed E-state index contributed by atoms with van der Waals surface area (Å²) in [5.74, 6) is 1.33. The van der Waals surface area contributed by atoms with Gasteiger partial charge in [-0.3, -0.25) is 0 Å². The van der Waals surface area contributed by atoms with E-state index >= 15 is 0 Å². The van der Waals surface area contributed by atoms with Gasteiger partial charge in [0.1, 0.15) is 6.07 Å². The molecule has 1 aromatic carbocycles. The summed E-state index contributed by atoms with van der Waals surface area (Å²) in [6.45, 7) is 4.12. The first-order valence-corrected chi connectivity index (χ1v) is 7.20. The number of aryl methyl sites for hydroxylation is 1. The zero-order valence-corrected chi connectivity index (χ0v) is 11.5. The second-order valence-electron chi connectivity index (χ2n) is 6.06. The third-order valence-electron chi connectivity index (χ3n) is 4.77. The summed E-state index contributed by atoms with van der Waals surface area (Å²) in [5.41, 5.74) is 9.30. The summed E-state index contributed by atoms with van der Waals surface area (Å²) < 4.78 is 0. The van der Waals surface area contributed by atoms with Crippen LogP contribution in [0.5, 0.6) is 0 Å². The van der Waals surface area contributed by atoms with E-state index in [1.165, 1.54) is 12.8 Å². The molecule has 0 spiro atoms. The normalized spacial score (nSPS) is 29.9. The summed E-state index contributed by atoms with van der Waals surface area (Å²) in [5, 5.41) is 9.31. The van der Waals surface area contributed by atoms with Crippen molar-refractivity contribution in [3.05, 3.63) is 29.3 Å². The van der Waals surface area contributed by atoms with Crippen LogP contribution in [-0.4, -0.2) is 19.1 Å². The molecule has 2 fully saturated rings. The summed E-state index contributed by atoms with van der Waals surface area (Å²) in [7, 11) is 0. The molecule has 1 aliphatic heterocycles. The fourth-order valence-electron chi connectivity index (χ4n) is 3.73. The molecule has 3 heteroatoms. The zero-order chi connectivity index (χ0) is 13.4. The summed E-state index contributed by atoms with van der Waals surface area (Å²) >= 11 is 0. The van der Waals surface area contributed by atoms with E-state index in [2.05, 4.69) is 23.1 Å². The predicted octanol–water partition coefficient (Wildman–Crippen LogP) is 2.43. The van der Waals surface area contributed by atoms with Gasteiger partial charge >= 0.3 is 0 Å². The van der Waals surface area contributed by atoms with Gasteiger partial charge in [-0.15, -0.1) is 0 Å². The van der Waals surface area contributed by atoms with Crippen LogP contribution in [0.15, 0.2) is 18.2 Å². The highest BCUT2D eigenvalue weighted by Gasteiger charge is 2.39. The van der Waals surface area contributed by atoms with Gasteiger partial charge in [0.2, 0.25) is 0 Å². The van der Waals surface area contributed by atoms with Crippen molar-refractivity contribution in [2.75, 3.05) is 18.0 Å². The molecule has 3 rings (SSSR count). The van der Waals surface area contributed by atoms with Crippen LogP contribution in [0.25, 0.3) is 0 Å². The Morgan fingerprint density at radius 2 is 2.16 bits per heavy atom. The smallest absolute Gasteiger partial charge is 0.101 e. The first kappa shape index (κ1) is 12.5. The molecule has 1 aromatic rings. The molecule has 1 heterocycles. The average Bonchev–Trinajstić information content (AvgIpc) is 2.83. The summed E-state index contributed by atoms with van der Waals surface area (Å²) in [4.78, 5) is 2.37. The number of rotatable bonds is 1. The summed E-state index contributed by atoms with van der Waals surface area (Å²) in [6, 6.07) is 8.85. The van der Waals surface area contributed by atoms with Crippen molar-refractivity contribution in [3.8, 4) is 6.07 Å². The second-order valence-corrected chi connectivity index (χ2v) is 6.06. The van der Waals surface area contributed by atoms with Gasteiger partial charge in [0.15, 0.2) is 0 Å². The third-order valence-corrected chi connectivity index (χ3v) is 4.77. The fraction of sp³-hybridized carbons (Fsp3) is 0.562. The van der Waals surface area contributed by atoms with Crippen LogP contribution >= 0.6 is 0 Å². The van der Waals surface area contributed by atoms with E-state index in [0.29, 0.717) is 12.0 Å². The molecule has 3 atom stereocenters. The SMILES string of the molecule is Cc1ccc(N2CC3CCCC(N)C3C2)c(C#N)c1. The lowest BCUT2D eigenvalue weighted by Crippen LogP contribution is -2.38. The zero-order valence-electron chi connectivity index (χ0n) is 11.5. The number of nitrogens with zero attached hydrogens (tertiary/aromatic N) is 2. The Balaban J connectivity index is 1.87. The predicted molar refractivity (Wildman–Crippen MR) is 76.9 cm³/mol. The van der Waals surface area contributed by atoms with Gasteiger partial charge < -0.3 is 10.6 Å². The van der Waals surface area contributed by atoms with E-state index < -0.39 is 0 Å². The number of fused-ring (bicyclic) bond motifs is 1. The first-order chi connectivity index (χ1) is 9.19. The molecule has 19 heavy (non-hydrogen) atoms. The molecule has 1 saturated heterocycles. The highest BCUT2D eigenvalue weighted by Crippen LogP contribution is 2.38. The molecule has 0 radical (unpaired) electrons. The Morgan fingerprint density at radius 3 is 2.89 bits per heavy atom. The Morgan fingerprint density at radius 1 is 1.32 bits per heavy atom. The van der Waals surface area contributed by atoms with Crippen molar-refractivity contribution >= 4 is 5.69 Å². The second kappa shape index (κ2) is 4.86. The Hall–Kier alpha value is -1.53. The molecular weight excluding hydrogens is 234 g/mol. The summed E-state index contributed by atoms with van der Waals surface area (Å²) in [6.07, 6.45) is 3.71. The van der Waals surface area contributed by atoms with E-state index in [-0.39, 0.29) is 0 Å². The molecule has 2 N–H and O–H groups in total. The van der Waals surface area contributed by atoms with Crippen molar-refractivity contribution in [3.63, 3.8) is 0 Å². The number of nitriles is 1. The molecule has 0 bridgehead atoms. The number of anilines is 1. The van der Waals surface area contributed by atoms with E-state index in [1.54, 1.807) is 0 Å². The first-order valence-electron chi connectivity index (χ1n) is 7.20. The largest absolute Gasteiger partial charge is 0.370 e. The van der Waals surface area contributed by atoms with Gasteiger partial charge in [0.05, 0.1) is 11.3 Å². The molecule has 2 aliphatic rings. The van der Waals surface area contributed by atoms with Crippen LogP contribution in [0.1, 0.15) is 30.4 Å². The van der Waals surface area contributed by atoms with E-state index in [4.69, 9.17) is 5.73 Å². The minimum Gasteiger partial charge on any atom is -0.370 e. The topological polar surface area (TPSA) is 53.0 Å². The minimum absolute atomic E-state index is 0.347. The van der Waals surface area contributed by atoms with Crippen molar-refractivity contribution < 1.29 is 0 Å². The molecular formula is C16H21N3. The van der Waals surface area contributed by atoms with Crippen LogP contribution in [0.3, 0.4) is 0 Å². The van der Waals surface area contributed by atoms with Crippen LogP contribution < -0.4 is 10.6 Å². The highest BCUT2D eigenvalue weighted by atomic mass is 15.2. The van der Waals surface area contributed by atoms with E-state index in [9.17, 15) is 5.26 Å². The minimum atomic E-state index is 0.347. The maximum Gasteiger partial charge on any atom is 0.101 e. The van der Waals surface area contributed by atoms with Gasteiger partial charge in [-0.05, 0) is 49.3 Å². The molecule has 0 amide bonds. The van der Waals surface area contributed by atoms with Gasteiger partial charge in [0.25, 0.3) is 0 Å². The lowest BCUT2D eigenvalue weighted by atomic mass is 9.78. The standard InChI is InChI=1S/C16H21N3/c1-11-5-6-16(13(7-11)8-17)19-9-12-3-2-4-15(18)14(12)10-19/h5-7,12,14-15H,2-4,9-10,18H2,1H3. The van der Waals surface area contributed by atoms with Gasteiger partial charge in [-0.1, -0.05) is 12.5 Å². The molecule has 3 nitrogen and oxygen atoms in total. The van der Waals surface area contributed by atoms with Gasteiger partial charge in [-0.2, -0.15) is 5.26 Å². The Kier molecular flexibility index (Phi) is 3.20. The molecule has 1 saturated carbocycles. The Bertz CT molecular complexity index is 517. The Labute approximate surface area is 115 Å². The quantitative estimate of drug-likeness (QED) is 0.838.